The summed E-state index contributed by atoms with van der Waals surface area (Å²) in [7, 11) is 3.35. The number of methoxy groups -OCH3 is 1. The van der Waals surface area contributed by atoms with Gasteiger partial charge >= 0.3 is 0 Å². The Balaban J connectivity index is 2.26. The van der Waals surface area contributed by atoms with E-state index in [1.807, 2.05) is 0 Å². The van der Waals surface area contributed by atoms with E-state index in [0.717, 1.165) is 0 Å². The standard InChI is InChI=1S/C8H18N6O2/c1-14-12-8(11-13-14)5-7(10-9)6-16-4-3-15-2/h7,10H,3-6,9H2,1-2H3. The van der Waals surface area contributed by atoms with Gasteiger partial charge in [0.1, 0.15) is 0 Å². The van der Waals surface area contributed by atoms with Crippen molar-refractivity contribution in [3.63, 3.8) is 0 Å². The van der Waals surface area contributed by atoms with Gasteiger partial charge in [-0.25, -0.2) is 0 Å². The average Bonchev–Trinajstić information content (AvgIpc) is 2.68. The summed E-state index contributed by atoms with van der Waals surface area (Å²) in [5, 5.41) is 11.7. The van der Waals surface area contributed by atoms with E-state index in [1.54, 1.807) is 14.2 Å². The lowest BCUT2D eigenvalue weighted by atomic mass is 10.2. The molecule has 1 heterocycles. The first-order valence-electron chi connectivity index (χ1n) is 5.02. The number of ether oxygens (including phenoxy) is 2. The van der Waals surface area contributed by atoms with Gasteiger partial charge in [0, 0.05) is 13.5 Å². The normalized spacial score (nSPS) is 12.9. The number of aryl methyl sites for hydroxylation is 1. The molecule has 0 aromatic carbocycles. The number of hydrazine groups is 1. The Morgan fingerprint density at radius 1 is 1.50 bits per heavy atom. The minimum absolute atomic E-state index is 0.0268. The van der Waals surface area contributed by atoms with E-state index < -0.39 is 0 Å². The summed E-state index contributed by atoms with van der Waals surface area (Å²) >= 11 is 0. The van der Waals surface area contributed by atoms with E-state index in [1.165, 1.54) is 4.80 Å². The summed E-state index contributed by atoms with van der Waals surface area (Å²) in [6.45, 7) is 1.60. The summed E-state index contributed by atoms with van der Waals surface area (Å²) in [4.78, 5) is 1.41. The second kappa shape index (κ2) is 7.23. The monoisotopic (exact) mass is 230 g/mol. The highest BCUT2D eigenvalue weighted by atomic mass is 16.5. The molecule has 1 aromatic rings. The van der Waals surface area contributed by atoms with Gasteiger partial charge in [0.05, 0.1) is 32.9 Å². The van der Waals surface area contributed by atoms with Crippen molar-refractivity contribution in [3.8, 4) is 0 Å². The van der Waals surface area contributed by atoms with Gasteiger partial charge < -0.3 is 9.47 Å². The second-order valence-corrected chi connectivity index (χ2v) is 3.33. The SMILES string of the molecule is COCCOCC(Cc1nnn(C)n1)NN. The molecule has 0 aliphatic rings. The minimum atomic E-state index is -0.0268. The van der Waals surface area contributed by atoms with E-state index in [0.29, 0.717) is 32.1 Å². The molecule has 0 fully saturated rings. The van der Waals surface area contributed by atoms with Crippen LogP contribution in [-0.2, 0) is 22.9 Å². The fourth-order valence-corrected chi connectivity index (χ4v) is 1.16. The van der Waals surface area contributed by atoms with E-state index in [9.17, 15) is 0 Å². The van der Waals surface area contributed by atoms with Crippen molar-refractivity contribution >= 4 is 0 Å². The fourth-order valence-electron chi connectivity index (χ4n) is 1.16. The zero-order valence-electron chi connectivity index (χ0n) is 9.59. The van der Waals surface area contributed by atoms with Crippen molar-refractivity contribution < 1.29 is 9.47 Å². The van der Waals surface area contributed by atoms with Crippen LogP contribution in [0.15, 0.2) is 0 Å². The quantitative estimate of drug-likeness (QED) is 0.310. The van der Waals surface area contributed by atoms with Gasteiger partial charge in [0.2, 0.25) is 0 Å². The van der Waals surface area contributed by atoms with Crippen LogP contribution in [0.1, 0.15) is 5.82 Å². The van der Waals surface area contributed by atoms with Crippen LogP contribution in [0.4, 0.5) is 0 Å². The third-order valence-corrected chi connectivity index (χ3v) is 1.97. The predicted octanol–water partition coefficient (Wildman–Crippen LogP) is -1.75. The number of hydrogen-bond acceptors (Lipinski definition) is 7. The molecule has 0 aliphatic heterocycles. The Hall–Kier alpha value is -1.09. The van der Waals surface area contributed by atoms with Crippen molar-refractivity contribution in [3.05, 3.63) is 5.82 Å². The van der Waals surface area contributed by atoms with Crippen molar-refractivity contribution in [1.82, 2.24) is 25.6 Å². The molecule has 16 heavy (non-hydrogen) atoms. The average molecular weight is 230 g/mol. The van der Waals surface area contributed by atoms with Crippen LogP contribution >= 0.6 is 0 Å². The summed E-state index contributed by atoms with van der Waals surface area (Å²) in [5.74, 6) is 6.04. The van der Waals surface area contributed by atoms with Crippen molar-refractivity contribution in [2.75, 3.05) is 26.9 Å². The van der Waals surface area contributed by atoms with Crippen LogP contribution in [0.25, 0.3) is 0 Å². The molecule has 0 saturated heterocycles. The number of nitrogens with one attached hydrogen (secondary N) is 1. The lowest BCUT2D eigenvalue weighted by Gasteiger charge is -2.13. The molecule has 92 valence electrons. The molecule has 1 rings (SSSR count). The number of tetrazole rings is 1. The summed E-state index contributed by atoms with van der Waals surface area (Å²) in [6, 6.07) is -0.0268. The first kappa shape index (κ1) is 13.0. The van der Waals surface area contributed by atoms with Gasteiger partial charge in [-0.1, -0.05) is 0 Å². The molecule has 8 heteroatoms. The van der Waals surface area contributed by atoms with Gasteiger partial charge in [0.25, 0.3) is 0 Å². The van der Waals surface area contributed by atoms with Crippen LogP contribution in [-0.4, -0.2) is 53.2 Å². The molecule has 0 bridgehead atoms. The van der Waals surface area contributed by atoms with Crippen LogP contribution in [0.5, 0.6) is 0 Å². The molecule has 1 atom stereocenters. The Morgan fingerprint density at radius 2 is 2.31 bits per heavy atom. The number of rotatable bonds is 8. The van der Waals surface area contributed by atoms with Crippen LogP contribution in [0.3, 0.4) is 0 Å². The van der Waals surface area contributed by atoms with E-state index in [2.05, 4.69) is 20.8 Å². The van der Waals surface area contributed by atoms with E-state index in [-0.39, 0.29) is 6.04 Å². The highest BCUT2D eigenvalue weighted by molar-refractivity contribution is 4.83. The van der Waals surface area contributed by atoms with Crippen LogP contribution in [0, 0.1) is 0 Å². The first-order valence-corrected chi connectivity index (χ1v) is 5.02. The van der Waals surface area contributed by atoms with Crippen LogP contribution < -0.4 is 11.3 Å². The van der Waals surface area contributed by atoms with Gasteiger partial charge in [-0.3, -0.25) is 11.3 Å². The minimum Gasteiger partial charge on any atom is -0.382 e. The second-order valence-electron chi connectivity index (χ2n) is 3.33. The third-order valence-electron chi connectivity index (χ3n) is 1.97. The highest BCUT2D eigenvalue weighted by Gasteiger charge is 2.11. The fraction of sp³-hybridized carbons (Fsp3) is 0.875. The smallest absolute Gasteiger partial charge is 0.176 e. The number of nitrogens with zero attached hydrogens (tertiary/aromatic N) is 4. The molecule has 1 unspecified atom stereocenters. The lowest BCUT2D eigenvalue weighted by molar-refractivity contribution is 0.0584. The maximum absolute atomic E-state index is 5.40. The first-order chi connectivity index (χ1) is 7.76. The number of aromatic nitrogens is 4. The molecule has 0 radical (unpaired) electrons. The van der Waals surface area contributed by atoms with Crippen molar-refractivity contribution in [2.45, 2.75) is 12.5 Å². The number of nitrogens with two attached hydrogens (primary N) is 1. The maximum Gasteiger partial charge on any atom is 0.176 e. The third kappa shape index (κ3) is 4.62. The summed E-state index contributed by atoms with van der Waals surface area (Å²) in [6.07, 6.45) is 0.581. The Labute approximate surface area is 94.1 Å². The topological polar surface area (TPSA) is 100 Å². The highest BCUT2D eigenvalue weighted by Crippen LogP contribution is 1.95. The molecule has 1 aromatic heterocycles. The Bertz CT molecular complexity index is 292. The largest absolute Gasteiger partial charge is 0.382 e. The molecule has 0 aliphatic carbocycles. The molecule has 0 amide bonds. The maximum atomic E-state index is 5.40. The van der Waals surface area contributed by atoms with Gasteiger partial charge in [0.15, 0.2) is 5.82 Å². The lowest BCUT2D eigenvalue weighted by Crippen LogP contribution is -2.40. The molecular weight excluding hydrogens is 212 g/mol. The molecular formula is C8H18N6O2. The molecule has 0 saturated carbocycles. The predicted molar refractivity (Wildman–Crippen MR) is 56.3 cm³/mol. The van der Waals surface area contributed by atoms with Gasteiger partial charge in [-0.05, 0) is 5.21 Å². The Kier molecular flexibility index (Phi) is 5.86. The zero-order chi connectivity index (χ0) is 11.8. The molecule has 3 N–H and O–H groups in total. The van der Waals surface area contributed by atoms with Crippen molar-refractivity contribution in [1.29, 1.82) is 0 Å². The number of hydrogen-bond donors (Lipinski definition) is 2. The van der Waals surface area contributed by atoms with E-state index >= 15 is 0 Å². The zero-order valence-corrected chi connectivity index (χ0v) is 9.59. The van der Waals surface area contributed by atoms with Gasteiger partial charge in [-0.2, -0.15) is 4.80 Å². The summed E-state index contributed by atoms with van der Waals surface area (Å²) < 4.78 is 10.2. The Morgan fingerprint density at radius 3 is 2.88 bits per heavy atom. The molecule has 8 nitrogen and oxygen atoms in total. The van der Waals surface area contributed by atoms with Crippen LogP contribution in [0.2, 0.25) is 0 Å². The van der Waals surface area contributed by atoms with E-state index in [4.69, 9.17) is 15.3 Å². The summed E-state index contributed by atoms with van der Waals surface area (Å²) in [5.41, 5.74) is 2.65. The van der Waals surface area contributed by atoms with Crippen molar-refractivity contribution in [2.24, 2.45) is 12.9 Å². The van der Waals surface area contributed by atoms with Gasteiger partial charge in [-0.15, -0.1) is 10.2 Å². The molecule has 0 spiro atoms.